The van der Waals surface area contributed by atoms with E-state index in [2.05, 4.69) is 4.72 Å². The number of rotatable bonds is 5. The van der Waals surface area contributed by atoms with E-state index in [1.807, 2.05) is 13.8 Å². The monoisotopic (exact) mass is 317 g/mol. The van der Waals surface area contributed by atoms with Crippen LogP contribution < -0.4 is 4.72 Å². The average Bonchev–Trinajstić information content (AvgIpc) is 2.35. The van der Waals surface area contributed by atoms with Gasteiger partial charge < -0.3 is 5.11 Å². The highest BCUT2D eigenvalue weighted by Crippen LogP contribution is 2.32. The molecule has 1 aliphatic carbocycles. The van der Waals surface area contributed by atoms with Crippen LogP contribution in [0, 0.1) is 12.8 Å². The number of aliphatic hydroxyl groups is 1. The maximum Gasteiger partial charge on any atom is 0.240 e. The van der Waals surface area contributed by atoms with E-state index in [1.165, 1.54) is 6.07 Å². The van der Waals surface area contributed by atoms with E-state index in [4.69, 9.17) is 11.6 Å². The molecule has 20 heavy (non-hydrogen) atoms. The Bertz CT molecular complexity index is 582. The van der Waals surface area contributed by atoms with Gasteiger partial charge in [-0.1, -0.05) is 24.6 Å². The van der Waals surface area contributed by atoms with E-state index in [-0.39, 0.29) is 23.0 Å². The lowest BCUT2D eigenvalue weighted by Crippen LogP contribution is -2.46. The van der Waals surface area contributed by atoms with Crippen LogP contribution in [0.25, 0.3) is 0 Å². The van der Waals surface area contributed by atoms with Crippen LogP contribution >= 0.6 is 11.6 Å². The van der Waals surface area contributed by atoms with Gasteiger partial charge in [-0.2, -0.15) is 0 Å². The lowest BCUT2D eigenvalue weighted by Gasteiger charge is -2.37. The van der Waals surface area contributed by atoms with E-state index in [9.17, 15) is 13.5 Å². The molecule has 1 saturated carbocycles. The van der Waals surface area contributed by atoms with Crippen LogP contribution in [0.15, 0.2) is 23.1 Å². The van der Waals surface area contributed by atoms with Gasteiger partial charge >= 0.3 is 0 Å². The Hall–Kier alpha value is -0.620. The van der Waals surface area contributed by atoms with Crippen LogP contribution in [0.5, 0.6) is 0 Å². The first-order valence-electron chi connectivity index (χ1n) is 6.80. The largest absolute Gasteiger partial charge is 0.393 e. The Morgan fingerprint density at radius 1 is 1.45 bits per heavy atom. The van der Waals surface area contributed by atoms with Crippen molar-refractivity contribution in [3.63, 3.8) is 0 Å². The third-order valence-corrected chi connectivity index (χ3v) is 5.81. The fraction of sp³-hybridized carbons (Fsp3) is 0.571. The zero-order valence-electron chi connectivity index (χ0n) is 11.6. The van der Waals surface area contributed by atoms with Crippen molar-refractivity contribution in [1.82, 2.24) is 4.72 Å². The number of nitrogens with one attached hydrogen (secondary N) is 1. The minimum atomic E-state index is -3.57. The van der Waals surface area contributed by atoms with Gasteiger partial charge in [0.2, 0.25) is 10.0 Å². The van der Waals surface area contributed by atoms with Gasteiger partial charge in [-0.15, -0.1) is 0 Å². The number of benzene rings is 1. The second-order valence-corrected chi connectivity index (χ2v) is 7.55. The topological polar surface area (TPSA) is 66.4 Å². The molecular formula is C14H20ClNO3S. The summed E-state index contributed by atoms with van der Waals surface area (Å²) >= 11 is 5.99. The molecule has 1 atom stereocenters. The second-order valence-electron chi connectivity index (χ2n) is 5.43. The predicted molar refractivity (Wildman–Crippen MR) is 79.3 cm³/mol. The summed E-state index contributed by atoms with van der Waals surface area (Å²) < 4.78 is 27.4. The molecule has 1 aromatic carbocycles. The third kappa shape index (κ3) is 3.34. The Balaban J connectivity index is 2.15. The quantitative estimate of drug-likeness (QED) is 0.876. The van der Waals surface area contributed by atoms with Crippen molar-refractivity contribution in [1.29, 1.82) is 0 Å². The van der Waals surface area contributed by atoms with E-state index < -0.39 is 10.0 Å². The summed E-state index contributed by atoms with van der Waals surface area (Å²) in [5, 5.41) is 9.79. The molecule has 0 bridgehead atoms. The van der Waals surface area contributed by atoms with Crippen LogP contribution in [0.4, 0.5) is 0 Å². The molecule has 2 N–H and O–H groups in total. The molecule has 0 aromatic heterocycles. The third-order valence-electron chi connectivity index (χ3n) is 3.92. The van der Waals surface area contributed by atoms with Crippen LogP contribution in [-0.2, 0) is 10.0 Å². The zero-order valence-corrected chi connectivity index (χ0v) is 13.2. The smallest absolute Gasteiger partial charge is 0.240 e. The van der Waals surface area contributed by atoms with E-state index in [1.54, 1.807) is 12.1 Å². The van der Waals surface area contributed by atoms with Crippen LogP contribution in [-0.4, -0.2) is 25.7 Å². The molecule has 4 nitrogen and oxygen atoms in total. The summed E-state index contributed by atoms with van der Waals surface area (Å²) in [5.74, 6) is 0.214. The fourth-order valence-corrected chi connectivity index (χ4v) is 4.14. The number of aliphatic hydroxyl groups excluding tert-OH is 1. The van der Waals surface area contributed by atoms with Crippen molar-refractivity contribution in [3.05, 3.63) is 28.8 Å². The van der Waals surface area contributed by atoms with Gasteiger partial charge in [0.25, 0.3) is 0 Å². The Kier molecular flexibility index (Phi) is 4.74. The predicted octanol–water partition coefficient (Wildman–Crippen LogP) is 2.48. The van der Waals surface area contributed by atoms with E-state index >= 15 is 0 Å². The minimum absolute atomic E-state index is 0.136. The van der Waals surface area contributed by atoms with Crippen LogP contribution in [0.3, 0.4) is 0 Å². The molecule has 0 heterocycles. The maximum absolute atomic E-state index is 12.4. The van der Waals surface area contributed by atoms with Crippen LogP contribution in [0.2, 0.25) is 5.02 Å². The van der Waals surface area contributed by atoms with Crippen LogP contribution in [0.1, 0.15) is 31.7 Å². The summed E-state index contributed by atoms with van der Waals surface area (Å²) in [6.07, 6.45) is 1.74. The molecule has 0 radical (unpaired) electrons. The average molecular weight is 318 g/mol. The van der Waals surface area contributed by atoms with E-state index in [0.717, 1.165) is 5.56 Å². The van der Waals surface area contributed by atoms with Crippen molar-refractivity contribution in [3.8, 4) is 0 Å². The molecule has 1 aromatic rings. The number of hydrogen-bond donors (Lipinski definition) is 2. The van der Waals surface area contributed by atoms with Crippen molar-refractivity contribution in [2.75, 3.05) is 0 Å². The summed E-state index contributed by atoms with van der Waals surface area (Å²) in [4.78, 5) is 0.187. The van der Waals surface area contributed by atoms with Gasteiger partial charge in [-0.3, -0.25) is 0 Å². The molecular weight excluding hydrogens is 298 g/mol. The van der Waals surface area contributed by atoms with Crippen molar-refractivity contribution >= 4 is 21.6 Å². The molecule has 0 amide bonds. The van der Waals surface area contributed by atoms with Gasteiger partial charge in [0.15, 0.2) is 0 Å². The number of hydrogen-bond acceptors (Lipinski definition) is 3. The fourth-order valence-electron chi connectivity index (χ4n) is 2.48. The Morgan fingerprint density at radius 2 is 2.10 bits per heavy atom. The summed E-state index contributed by atoms with van der Waals surface area (Å²) in [5.41, 5.74) is 0.847. The molecule has 2 rings (SSSR count). The number of halogens is 1. The summed E-state index contributed by atoms with van der Waals surface area (Å²) in [6, 6.07) is 4.60. The normalized spacial score (nSPS) is 24.2. The van der Waals surface area contributed by atoms with Gasteiger partial charge in [0.1, 0.15) is 0 Å². The van der Waals surface area contributed by atoms with Gasteiger partial charge in [-0.25, -0.2) is 13.1 Å². The van der Waals surface area contributed by atoms with E-state index in [0.29, 0.717) is 24.3 Å². The molecule has 0 saturated heterocycles. The summed E-state index contributed by atoms with van der Waals surface area (Å²) in [6.45, 7) is 3.77. The zero-order chi connectivity index (χ0) is 14.9. The Labute approximate surface area is 125 Å². The van der Waals surface area contributed by atoms with Crippen molar-refractivity contribution in [2.45, 2.75) is 50.2 Å². The molecule has 1 aliphatic rings. The molecule has 0 aliphatic heterocycles. The standard InChI is InChI=1S/C14H20ClNO3S/c1-3-14(10-6-11(17)7-10)16-20(18,19)12-5-4-9(2)13(15)8-12/h4-5,8,10-11,14,16-17H,3,6-7H2,1-2H3. The minimum Gasteiger partial charge on any atom is -0.393 e. The number of aryl methyl sites for hydroxylation is 1. The van der Waals surface area contributed by atoms with Gasteiger partial charge in [0.05, 0.1) is 11.0 Å². The molecule has 0 spiro atoms. The molecule has 1 fully saturated rings. The van der Waals surface area contributed by atoms with Gasteiger partial charge in [0, 0.05) is 11.1 Å². The Morgan fingerprint density at radius 3 is 2.60 bits per heavy atom. The highest BCUT2D eigenvalue weighted by Gasteiger charge is 2.35. The highest BCUT2D eigenvalue weighted by atomic mass is 35.5. The lowest BCUT2D eigenvalue weighted by molar-refractivity contribution is 0.0277. The summed E-state index contributed by atoms with van der Waals surface area (Å²) in [7, 11) is -3.57. The first kappa shape index (κ1) is 15.8. The first-order valence-corrected chi connectivity index (χ1v) is 8.66. The number of sulfonamides is 1. The lowest BCUT2D eigenvalue weighted by atomic mass is 9.77. The highest BCUT2D eigenvalue weighted by molar-refractivity contribution is 7.89. The molecule has 112 valence electrons. The van der Waals surface area contributed by atoms with Crippen molar-refractivity contribution in [2.24, 2.45) is 5.92 Å². The second kappa shape index (κ2) is 6.02. The molecule has 6 heteroatoms. The maximum atomic E-state index is 12.4. The van der Waals surface area contributed by atoms with Crippen molar-refractivity contribution < 1.29 is 13.5 Å². The molecule has 1 unspecified atom stereocenters. The first-order chi connectivity index (χ1) is 9.33. The SMILES string of the molecule is CCC(NS(=O)(=O)c1ccc(C)c(Cl)c1)C1CC(O)C1. The van der Waals surface area contributed by atoms with Gasteiger partial charge in [-0.05, 0) is 49.8 Å².